The van der Waals surface area contributed by atoms with Crippen molar-refractivity contribution in [3.8, 4) is 0 Å². The normalized spacial score (nSPS) is 39.5. The van der Waals surface area contributed by atoms with Gasteiger partial charge in [0, 0.05) is 7.11 Å². The molecule has 0 aliphatic heterocycles. The summed E-state index contributed by atoms with van der Waals surface area (Å²) in [6, 6.07) is 0. The van der Waals surface area contributed by atoms with Gasteiger partial charge in [-0.15, -0.1) is 0 Å². The molecular formula is C11H16O. The number of hydrogen-bond donors (Lipinski definition) is 0. The van der Waals surface area contributed by atoms with E-state index in [1.165, 1.54) is 6.42 Å². The second-order valence-electron chi connectivity index (χ2n) is 3.92. The Labute approximate surface area is 74.1 Å². The fourth-order valence-electron chi connectivity index (χ4n) is 2.36. The summed E-state index contributed by atoms with van der Waals surface area (Å²) in [5.74, 6) is 1.39. The molecule has 2 rings (SSSR count). The van der Waals surface area contributed by atoms with E-state index in [4.69, 9.17) is 4.74 Å². The minimum atomic E-state index is 0.469. The Morgan fingerprint density at radius 2 is 2.25 bits per heavy atom. The fourth-order valence-corrected chi connectivity index (χ4v) is 2.36. The smallest absolute Gasteiger partial charge is 0.0645 e. The highest BCUT2D eigenvalue weighted by atomic mass is 16.5. The number of allylic oxidation sites excluding steroid dienone is 3. The van der Waals surface area contributed by atoms with E-state index in [2.05, 4.69) is 25.2 Å². The van der Waals surface area contributed by atoms with Crippen LogP contribution < -0.4 is 0 Å². The molecule has 0 saturated heterocycles. The zero-order valence-corrected chi connectivity index (χ0v) is 7.79. The van der Waals surface area contributed by atoms with Gasteiger partial charge in [-0.25, -0.2) is 0 Å². The molecule has 3 unspecified atom stereocenters. The molecule has 2 bridgehead atoms. The van der Waals surface area contributed by atoms with Gasteiger partial charge in [0.05, 0.1) is 6.10 Å². The Morgan fingerprint density at radius 3 is 3.00 bits per heavy atom. The molecule has 12 heavy (non-hydrogen) atoms. The van der Waals surface area contributed by atoms with Crippen LogP contribution in [0.25, 0.3) is 0 Å². The van der Waals surface area contributed by atoms with Crippen molar-refractivity contribution < 1.29 is 4.74 Å². The van der Waals surface area contributed by atoms with Crippen LogP contribution in [0.4, 0.5) is 0 Å². The van der Waals surface area contributed by atoms with Gasteiger partial charge in [-0.3, -0.25) is 0 Å². The van der Waals surface area contributed by atoms with E-state index in [0.717, 1.165) is 12.3 Å². The predicted molar refractivity (Wildman–Crippen MR) is 49.9 cm³/mol. The van der Waals surface area contributed by atoms with E-state index in [-0.39, 0.29) is 0 Å². The van der Waals surface area contributed by atoms with Gasteiger partial charge in [0.25, 0.3) is 0 Å². The maximum absolute atomic E-state index is 5.48. The molecule has 0 radical (unpaired) electrons. The van der Waals surface area contributed by atoms with E-state index in [0.29, 0.717) is 12.0 Å². The average Bonchev–Trinajstić information content (AvgIpc) is 2.38. The Kier molecular flexibility index (Phi) is 2.05. The highest BCUT2D eigenvalue weighted by Gasteiger charge is 2.33. The minimum Gasteiger partial charge on any atom is -0.381 e. The molecule has 2 aliphatic rings. The van der Waals surface area contributed by atoms with E-state index in [1.807, 2.05) is 7.11 Å². The van der Waals surface area contributed by atoms with Crippen molar-refractivity contribution in [2.75, 3.05) is 7.11 Å². The van der Waals surface area contributed by atoms with E-state index < -0.39 is 0 Å². The first-order valence-corrected chi connectivity index (χ1v) is 4.70. The summed E-state index contributed by atoms with van der Waals surface area (Å²) in [5, 5.41) is 0. The van der Waals surface area contributed by atoms with Crippen LogP contribution in [0.2, 0.25) is 0 Å². The minimum absolute atomic E-state index is 0.469. The van der Waals surface area contributed by atoms with Gasteiger partial charge in [0.2, 0.25) is 0 Å². The monoisotopic (exact) mass is 164 g/mol. The van der Waals surface area contributed by atoms with E-state index in [1.54, 1.807) is 5.57 Å². The largest absolute Gasteiger partial charge is 0.381 e. The average molecular weight is 164 g/mol. The zero-order valence-electron chi connectivity index (χ0n) is 7.79. The summed E-state index contributed by atoms with van der Waals surface area (Å²) in [6.07, 6.45) is 9.61. The number of fused-ring (bicyclic) bond motifs is 2. The topological polar surface area (TPSA) is 9.23 Å². The number of hydrogen-bond acceptors (Lipinski definition) is 1. The SMILES string of the molecule is COC1CC2=CC=CC(C)C1C2. The standard InChI is InChI=1S/C11H16O/c1-8-4-3-5-9-6-10(8)11(7-9)12-2/h3-5,8,10-11H,6-7H2,1-2H3. The lowest BCUT2D eigenvalue weighted by Crippen LogP contribution is -2.21. The highest BCUT2D eigenvalue weighted by Crippen LogP contribution is 2.39. The van der Waals surface area contributed by atoms with Crippen molar-refractivity contribution in [1.29, 1.82) is 0 Å². The Hall–Kier alpha value is -0.560. The van der Waals surface area contributed by atoms with Crippen LogP contribution in [0.5, 0.6) is 0 Å². The summed E-state index contributed by atoms with van der Waals surface area (Å²) < 4.78 is 5.48. The molecule has 0 aromatic rings. The van der Waals surface area contributed by atoms with Gasteiger partial charge in [-0.05, 0) is 24.7 Å². The first-order valence-electron chi connectivity index (χ1n) is 4.70. The van der Waals surface area contributed by atoms with Crippen molar-refractivity contribution in [3.63, 3.8) is 0 Å². The lowest BCUT2D eigenvalue weighted by molar-refractivity contribution is 0.0591. The second kappa shape index (κ2) is 3.06. The van der Waals surface area contributed by atoms with Gasteiger partial charge < -0.3 is 4.74 Å². The Bertz CT molecular complexity index is 223. The molecular weight excluding hydrogens is 148 g/mol. The van der Waals surface area contributed by atoms with Crippen LogP contribution >= 0.6 is 0 Å². The molecule has 1 fully saturated rings. The third-order valence-corrected chi connectivity index (χ3v) is 3.16. The van der Waals surface area contributed by atoms with Crippen molar-refractivity contribution >= 4 is 0 Å². The summed E-state index contributed by atoms with van der Waals surface area (Å²) >= 11 is 0. The Morgan fingerprint density at radius 1 is 1.42 bits per heavy atom. The summed E-state index contributed by atoms with van der Waals surface area (Å²) in [4.78, 5) is 0. The summed E-state index contributed by atoms with van der Waals surface area (Å²) in [6.45, 7) is 2.29. The molecule has 1 nitrogen and oxygen atoms in total. The quantitative estimate of drug-likeness (QED) is 0.578. The lowest BCUT2D eigenvalue weighted by Gasteiger charge is -2.21. The van der Waals surface area contributed by atoms with Gasteiger partial charge in [-0.1, -0.05) is 30.7 Å². The first kappa shape index (κ1) is 8.06. The zero-order chi connectivity index (χ0) is 8.55. The van der Waals surface area contributed by atoms with Crippen molar-refractivity contribution in [2.45, 2.75) is 25.9 Å². The van der Waals surface area contributed by atoms with Crippen LogP contribution in [-0.4, -0.2) is 13.2 Å². The molecule has 0 aromatic heterocycles. The van der Waals surface area contributed by atoms with Gasteiger partial charge >= 0.3 is 0 Å². The third-order valence-electron chi connectivity index (χ3n) is 3.16. The van der Waals surface area contributed by atoms with Gasteiger partial charge in [0.1, 0.15) is 0 Å². The van der Waals surface area contributed by atoms with Crippen LogP contribution in [0.1, 0.15) is 19.8 Å². The maximum atomic E-state index is 5.48. The number of rotatable bonds is 1. The van der Waals surface area contributed by atoms with Crippen LogP contribution in [-0.2, 0) is 4.74 Å². The molecule has 0 spiro atoms. The van der Waals surface area contributed by atoms with Gasteiger partial charge in [0.15, 0.2) is 0 Å². The van der Waals surface area contributed by atoms with E-state index >= 15 is 0 Å². The van der Waals surface area contributed by atoms with Crippen molar-refractivity contribution in [2.24, 2.45) is 11.8 Å². The lowest BCUT2D eigenvalue weighted by atomic mass is 9.91. The third kappa shape index (κ3) is 1.22. The summed E-state index contributed by atoms with van der Waals surface area (Å²) in [5.41, 5.74) is 1.56. The fraction of sp³-hybridized carbons (Fsp3) is 0.636. The predicted octanol–water partition coefficient (Wildman–Crippen LogP) is 2.54. The Balaban J connectivity index is 2.22. The van der Waals surface area contributed by atoms with Crippen LogP contribution in [0.3, 0.4) is 0 Å². The molecule has 2 aliphatic carbocycles. The second-order valence-corrected chi connectivity index (χ2v) is 3.92. The molecule has 1 saturated carbocycles. The van der Waals surface area contributed by atoms with Crippen LogP contribution in [0, 0.1) is 11.8 Å². The highest BCUT2D eigenvalue weighted by molar-refractivity contribution is 5.23. The van der Waals surface area contributed by atoms with Gasteiger partial charge in [-0.2, -0.15) is 0 Å². The van der Waals surface area contributed by atoms with Crippen molar-refractivity contribution in [1.82, 2.24) is 0 Å². The molecule has 66 valence electrons. The molecule has 0 aromatic carbocycles. The van der Waals surface area contributed by atoms with Crippen LogP contribution in [0.15, 0.2) is 23.8 Å². The molecule has 3 atom stereocenters. The molecule has 0 heterocycles. The van der Waals surface area contributed by atoms with E-state index in [9.17, 15) is 0 Å². The number of ether oxygens (including phenoxy) is 1. The number of methoxy groups -OCH3 is 1. The first-order chi connectivity index (χ1) is 5.81. The molecule has 0 amide bonds. The molecule has 0 N–H and O–H groups in total. The van der Waals surface area contributed by atoms with Crippen molar-refractivity contribution in [3.05, 3.63) is 23.8 Å². The molecule has 1 heteroatoms. The maximum Gasteiger partial charge on any atom is 0.0645 e. The summed E-state index contributed by atoms with van der Waals surface area (Å²) in [7, 11) is 1.83.